The third-order valence-electron chi connectivity index (χ3n) is 6.61. The lowest BCUT2D eigenvalue weighted by Crippen LogP contribution is -2.57. The Bertz CT molecular complexity index is 1390. The van der Waals surface area contributed by atoms with Gasteiger partial charge in [0.15, 0.2) is 11.4 Å². The van der Waals surface area contributed by atoms with Gasteiger partial charge in [0.1, 0.15) is 35.5 Å². The highest BCUT2D eigenvalue weighted by Gasteiger charge is 2.38. The quantitative estimate of drug-likeness (QED) is 0.364. The summed E-state index contributed by atoms with van der Waals surface area (Å²) in [5.74, 6) is 7.58. The molecule has 2 aliphatic rings. The summed E-state index contributed by atoms with van der Waals surface area (Å²) in [5, 5.41) is 8.40. The number of aromatic nitrogens is 4. The number of halogens is 1. The van der Waals surface area contributed by atoms with Crippen molar-refractivity contribution >= 4 is 22.6 Å². The minimum absolute atomic E-state index is 0.0750. The first-order valence-electron chi connectivity index (χ1n) is 12.0. The van der Waals surface area contributed by atoms with E-state index in [0.29, 0.717) is 66.4 Å². The Morgan fingerprint density at radius 3 is 2.68 bits per heavy atom. The Balaban J connectivity index is 1.40. The van der Waals surface area contributed by atoms with Gasteiger partial charge in [-0.15, -0.1) is 0 Å². The maximum Gasteiger partial charge on any atom is 0.174 e. The Hall–Kier alpha value is -4.01. The summed E-state index contributed by atoms with van der Waals surface area (Å²) in [6, 6.07) is 4.62. The third kappa shape index (κ3) is 5.12. The van der Waals surface area contributed by atoms with E-state index in [9.17, 15) is 9.18 Å². The highest BCUT2D eigenvalue weighted by Crippen LogP contribution is 2.29. The molecule has 0 amide bonds. The number of alkyl halides is 1. The number of rotatable bonds is 7. The van der Waals surface area contributed by atoms with E-state index in [1.807, 2.05) is 4.90 Å². The second kappa shape index (κ2) is 10.5. The van der Waals surface area contributed by atoms with Gasteiger partial charge in [0.25, 0.3) is 0 Å². The molecule has 0 aliphatic carbocycles. The number of fused-ring (bicyclic) bond motifs is 1. The molecule has 0 radical (unpaired) electrons. The van der Waals surface area contributed by atoms with Gasteiger partial charge in [0.05, 0.1) is 31.7 Å². The van der Waals surface area contributed by atoms with Crippen LogP contribution >= 0.6 is 0 Å². The smallest absolute Gasteiger partial charge is 0.174 e. The average molecular weight is 506 g/mol. The lowest BCUT2D eigenvalue weighted by molar-refractivity contribution is -0.119. The maximum atomic E-state index is 13.4. The predicted octanol–water partition coefficient (Wildman–Crippen LogP) is 1.51. The summed E-state index contributed by atoms with van der Waals surface area (Å²) in [6.07, 6.45) is 4.48. The van der Waals surface area contributed by atoms with Crippen LogP contribution in [0.5, 0.6) is 11.5 Å². The highest BCUT2D eigenvalue weighted by molar-refractivity contribution is 5.96. The molecule has 2 aliphatic heterocycles. The summed E-state index contributed by atoms with van der Waals surface area (Å²) < 4.78 is 25.7. The highest BCUT2D eigenvalue weighted by atomic mass is 19.1. The summed E-state index contributed by atoms with van der Waals surface area (Å²) in [4.78, 5) is 23.4. The first-order chi connectivity index (χ1) is 18.0. The van der Waals surface area contributed by atoms with E-state index in [4.69, 9.17) is 15.2 Å². The number of ether oxygens (including phenoxy) is 2. The zero-order valence-electron chi connectivity index (χ0n) is 20.6. The number of nitrogens with zero attached hydrogens (tertiary/aromatic N) is 5. The van der Waals surface area contributed by atoms with Crippen LogP contribution in [0.2, 0.25) is 0 Å². The van der Waals surface area contributed by atoms with Gasteiger partial charge < -0.3 is 20.5 Å². The summed E-state index contributed by atoms with van der Waals surface area (Å²) in [5.41, 5.74) is 7.79. The molecular formula is C26H28FN7O3. The van der Waals surface area contributed by atoms with Crippen LogP contribution < -0.4 is 20.5 Å². The van der Waals surface area contributed by atoms with Crippen molar-refractivity contribution in [3.63, 3.8) is 0 Å². The average Bonchev–Trinajstić information content (AvgIpc) is 3.45. The molecule has 3 N–H and O–H groups in total. The van der Waals surface area contributed by atoms with Crippen molar-refractivity contribution in [3.8, 4) is 23.3 Å². The molecule has 2 saturated heterocycles. The van der Waals surface area contributed by atoms with Crippen LogP contribution in [0.1, 0.15) is 23.7 Å². The molecule has 0 saturated carbocycles. The molecule has 2 aromatic heterocycles. The lowest BCUT2D eigenvalue weighted by Gasteiger charge is -2.36. The summed E-state index contributed by atoms with van der Waals surface area (Å²) >= 11 is 0. The zero-order chi connectivity index (χ0) is 25.9. The van der Waals surface area contributed by atoms with E-state index >= 15 is 0 Å². The van der Waals surface area contributed by atoms with Crippen molar-refractivity contribution in [1.29, 1.82) is 0 Å². The van der Waals surface area contributed by atoms with E-state index in [1.54, 1.807) is 49.3 Å². The van der Waals surface area contributed by atoms with Crippen molar-refractivity contribution in [1.82, 2.24) is 30.0 Å². The number of methoxy groups -OCH3 is 2. The Kier molecular flexibility index (Phi) is 7.03. The van der Waals surface area contributed by atoms with Gasteiger partial charge >= 0.3 is 0 Å². The van der Waals surface area contributed by atoms with Gasteiger partial charge in [-0.2, -0.15) is 5.10 Å². The van der Waals surface area contributed by atoms with Gasteiger partial charge in [-0.05, 0) is 30.6 Å². The first-order valence-corrected chi connectivity index (χ1v) is 12.0. The molecule has 1 aromatic carbocycles. The van der Waals surface area contributed by atoms with Crippen LogP contribution in [0.25, 0.3) is 11.0 Å². The number of likely N-dealkylation sites (tertiary alicyclic amines) is 1. The second-order valence-corrected chi connectivity index (χ2v) is 9.01. The standard InChI is InChI=1S/C26H28FN7O3/c1-36-18-10-16(11-19(12-18)37-2)5-6-20-23-25(28)30-15-31-26(23)34(32-20)21-13-29-24(21)22(35)4-3-8-33-9-7-17(27)14-33/h3-4,10-12,15,17,21,24,29H,7-9,13-14H2,1-2H3,(H2,28,30,31). The molecule has 37 heavy (non-hydrogen) atoms. The van der Waals surface area contributed by atoms with E-state index in [2.05, 4.69) is 32.2 Å². The lowest BCUT2D eigenvalue weighted by atomic mass is 9.95. The van der Waals surface area contributed by atoms with Crippen molar-refractivity contribution in [2.24, 2.45) is 0 Å². The van der Waals surface area contributed by atoms with Gasteiger partial charge in [0.2, 0.25) is 0 Å². The fourth-order valence-electron chi connectivity index (χ4n) is 4.56. The summed E-state index contributed by atoms with van der Waals surface area (Å²) in [7, 11) is 3.15. The van der Waals surface area contributed by atoms with E-state index < -0.39 is 12.2 Å². The molecule has 3 aromatic rings. The van der Waals surface area contributed by atoms with Crippen LogP contribution in [-0.4, -0.2) is 83.0 Å². The van der Waals surface area contributed by atoms with Crippen molar-refractivity contribution < 1.29 is 18.7 Å². The SMILES string of the molecule is COc1cc(C#Cc2nn(C3CNC3C(=O)C=CCN3CCC(F)C3)c3ncnc(N)c23)cc(OC)c1. The molecule has 2 fully saturated rings. The van der Waals surface area contributed by atoms with E-state index in [1.165, 1.54) is 6.33 Å². The minimum Gasteiger partial charge on any atom is -0.497 e. The van der Waals surface area contributed by atoms with Crippen molar-refractivity contribution in [2.45, 2.75) is 24.7 Å². The topological polar surface area (TPSA) is 120 Å². The number of ketones is 1. The molecule has 3 unspecified atom stereocenters. The van der Waals surface area contributed by atoms with Crippen LogP contribution in [0, 0.1) is 11.8 Å². The van der Waals surface area contributed by atoms with E-state index in [-0.39, 0.29) is 17.6 Å². The van der Waals surface area contributed by atoms with Gasteiger partial charge in [-0.3, -0.25) is 9.69 Å². The molecule has 10 nitrogen and oxygen atoms in total. The molecule has 0 bridgehead atoms. The number of nitrogen functional groups attached to an aromatic ring is 1. The molecule has 11 heteroatoms. The molecule has 3 atom stereocenters. The van der Waals surface area contributed by atoms with Gasteiger partial charge in [-0.25, -0.2) is 19.0 Å². The number of carbonyl (C=O) groups is 1. The number of nitrogens with two attached hydrogens (primary N) is 1. The fourth-order valence-corrected chi connectivity index (χ4v) is 4.56. The van der Waals surface area contributed by atoms with Gasteiger partial charge in [0, 0.05) is 37.8 Å². The molecule has 192 valence electrons. The summed E-state index contributed by atoms with van der Waals surface area (Å²) in [6.45, 7) is 2.21. The predicted molar refractivity (Wildman–Crippen MR) is 136 cm³/mol. The molecule has 0 spiro atoms. The van der Waals surface area contributed by atoms with E-state index in [0.717, 1.165) is 0 Å². The molecule has 5 rings (SSSR count). The number of benzene rings is 1. The number of nitrogens with one attached hydrogen (secondary N) is 1. The monoisotopic (exact) mass is 505 g/mol. The van der Waals surface area contributed by atoms with Gasteiger partial charge in [-0.1, -0.05) is 12.0 Å². The van der Waals surface area contributed by atoms with Crippen LogP contribution in [-0.2, 0) is 4.79 Å². The first kappa shape index (κ1) is 24.7. The molecular weight excluding hydrogens is 477 g/mol. The Morgan fingerprint density at radius 1 is 1.24 bits per heavy atom. The third-order valence-corrected chi connectivity index (χ3v) is 6.61. The zero-order valence-corrected chi connectivity index (χ0v) is 20.6. The minimum atomic E-state index is -0.785. The maximum absolute atomic E-state index is 13.4. The largest absolute Gasteiger partial charge is 0.497 e. The van der Waals surface area contributed by atoms with Crippen LogP contribution in [0.15, 0.2) is 36.7 Å². The van der Waals surface area contributed by atoms with Crippen LogP contribution in [0.3, 0.4) is 0 Å². The van der Waals surface area contributed by atoms with Crippen molar-refractivity contribution in [2.75, 3.05) is 46.1 Å². The molecule has 4 heterocycles. The van der Waals surface area contributed by atoms with Crippen molar-refractivity contribution in [3.05, 3.63) is 47.9 Å². The number of carbonyl (C=O) groups excluding carboxylic acids is 1. The van der Waals surface area contributed by atoms with Crippen LogP contribution in [0.4, 0.5) is 10.2 Å². The number of hydrogen-bond acceptors (Lipinski definition) is 9. The Labute approximate surface area is 213 Å². The number of hydrogen-bond donors (Lipinski definition) is 2. The second-order valence-electron chi connectivity index (χ2n) is 9.01. The number of anilines is 1. The fraction of sp³-hybridized carbons (Fsp3) is 0.385. The normalized spacial score (nSPS) is 21.5. The Morgan fingerprint density at radius 2 is 2.03 bits per heavy atom.